The van der Waals surface area contributed by atoms with Gasteiger partial charge in [0.25, 0.3) is 0 Å². The Hall–Kier alpha value is -0.900. The molecule has 2 aromatic rings. The van der Waals surface area contributed by atoms with Crippen LogP contribution in [0.15, 0.2) is 47.1 Å². The van der Waals surface area contributed by atoms with Gasteiger partial charge in [0.05, 0.1) is 11.7 Å². The first-order valence-electron chi connectivity index (χ1n) is 5.72. The second kappa shape index (κ2) is 6.32. The van der Waals surface area contributed by atoms with Gasteiger partial charge in [0.15, 0.2) is 0 Å². The number of likely N-dealkylation sites (N-methyl/N-ethyl adjacent to an activating group) is 1. The van der Waals surface area contributed by atoms with Crippen molar-refractivity contribution in [1.29, 1.82) is 0 Å². The molecule has 1 atom stereocenters. The molecule has 0 saturated carbocycles. The molecule has 1 aromatic carbocycles. The maximum atomic E-state index is 6.00. The van der Waals surface area contributed by atoms with E-state index in [2.05, 4.69) is 32.3 Å². The van der Waals surface area contributed by atoms with E-state index >= 15 is 0 Å². The van der Waals surface area contributed by atoms with Gasteiger partial charge >= 0.3 is 0 Å². The molecule has 0 bridgehead atoms. The fourth-order valence-corrected chi connectivity index (χ4v) is 2.29. The smallest absolute Gasteiger partial charge is 0.0577 e. The molecule has 1 heterocycles. The summed E-state index contributed by atoms with van der Waals surface area (Å²) in [5, 5.41) is 4.05. The highest BCUT2D eigenvalue weighted by Gasteiger charge is 2.11. The highest BCUT2D eigenvalue weighted by Crippen LogP contribution is 2.20. The number of nitrogens with one attached hydrogen (secondary N) is 1. The molecule has 18 heavy (non-hydrogen) atoms. The average Bonchev–Trinajstić information content (AvgIpc) is 2.37. The van der Waals surface area contributed by atoms with Crippen molar-refractivity contribution in [3.63, 3.8) is 0 Å². The topological polar surface area (TPSA) is 24.9 Å². The molecule has 1 aromatic heterocycles. The van der Waals surface area contributed by atoms with E-state index in [9.17, 15) is 0 Å². The standard InChI is InChI=1S/C14H14BrClN2/c1-17-14(13-6-5-11(15)9-18-13)8-10-3-2-4-12(16)7-10/h2-7,9,14,17H,8H2,1H3. The van der Waals surface area contributed by atoms with Crippen LogP contribution in [0.1, 0.15) is 17.3 Å². The monoisotopic (exact) mass is 324 g/mol. The molecular weight excluding hydrogens is 312 g/mol. The molecular formula is C14H14BrClN2. The van der Waals surface area contributed by atoms with Crippen LogP contribution in [0.3, 0.4) is 0 Å². The lowest BCUT2D eigenvalue weighted by atomic mass is 10.0. The zero-order valence-electron chi connectivity index (χ0n) is 10.0. The SMILES string of the molecule is CNC(Cc1cccc(Cl)c1)c1ccc(Br)cn1. The van der Waals surface area contributed by atoms with Crippen LogP contribution in [0, 0.1) is 0 Å². The van der Waals surface area contributed by atoms with Crippen molar-refractivity contribution in [2.24, 2.45) is 0 Å². The third kappa shape index (κ3) is 3.55. The molecule has 0 spiro atoms. The molecule has 1 N–H and O–H groups in total. The fourth-order valence-electron chi connectivity index (χ4n) is 1.85. The van der Waals surface area contributed by atoms with E-state index in [4.69, 9.17) is 11.6 Å². The first kappa shape index (κ1) is 13.5. The van der Waals surface area contributed by atoms with Crippen LogP contribution in [-0.2, 0) is 6.42 Å². The van der Waals surface area contributed by atoms with Crippen molar-refractivity contribution < 1.29 is 0 Å². The Morgan fingerprint density at radius 1 is 1.33 bits per heavy atom. The normalized spacial score (nSPS) is 12.4. The number of halogens is 2. The predicted octanol–water partition coefficient (Wildman–Crippen LogP) is 4.00. The van der Waals surface area contributed by atoms with E-state index in [1.54, 1.807) is 0 Å². The van der Waals surface area contributed by atoms with Crippen LogP contribution in [0.5, 0.6) is 0 Å². The summed E-state index contributed by atoms with van der Waals surface area (Å²) in [5.41, 5.74) is 2.23. The second-order valence-corrected chi connectivity index (χ2v) is 5.43. The number of aromatic nitrogens is 1. The fraction of sp³-hybridized carbons (Fsp3) is 0.214. The molecule has 0 fully saturated rings. The van der Waals surface area contributed by atoms with Crippen molar-refractivity contribution in [3.8, 4) is 0 Å². The number of hydrogen-bond donors (Lipinski definition) is 1. The zero-order chi connectivity index (χ0) is 13.0. The Morgan fingerprint density at radius 2 is 2.17 bits per heavy atom. The number of hydrogen-bond acceptors (Lipinski definition) is 2. The van der Waals surface area contributed by atoms with Crippen LogP contribution in [-0.4, -0.2) is 12.0 Å². The number of pyridine rings is 1. The van der Waals surface area contributed by atoms with Gasteiger partial charge < -0.3 is 5.32 Å². The largest absolute Gasteiger partial charge is 0.311 e. The molecule has 4 heteroatoms. The molecule has 1 unspecified atom stereocenters. The Balaban J connectivity index is 2.17. The lowest BCUT2D eigenvalue weighted by molar-refractivity contribution is 0.576. The Bertz CT molecular complexity index is 513. The van der Waals surface area contributed by atoms with E-state index in [0.717, 1.165) is 21.6 Å². The van der Waals surface area contributed by atoms with Gasteiger partial charge in [0.1, 0.15) is 0 Å². The molecule has 94 valence electrons. The quantitative estimate of drug-likeness (QED) is 0.919. The van der Waals surface area contributed by atoms with Crippen LogP contribution in [0.2, 0.25) is 5.02 Å². The lowest BCUT2D eigenvalue weighted by Gasteiger charge is -2.16. The molecule has 0 amide bonds. The van der Waals surface area contributed by atoms with Crippen molar-refractivity contribution in [2.75, 3.05) is 7.05 Å². The van der Waals surface area contributed by atoms with Gasteiger partial charge in [-0.3, -0.25) is 4.98 Å². The molecule has 0 aliphatic rings. The first-order valence-corrected chi connectivity index (χ1v) is 6.89. The van der Waals surface area contributed by atoms with Gasteiger partial charge in [0.2, 0.25) is 0 Å². The third-order valence-corrected chi connectivity index (χ3v) is 3.49. The number of nitrogens with zero attached hydrogens (tertiary/aromatic N) is 1. The molecule has 2 rings (SSSR count). The Kier molecular flexibility index (Phi) is 4.75. The number of benzene rings is 1. The van der Waals surface area contributed by atoms with Crippen molar-refractivity contribution in [2.45, 2.75) is 12.5 Å². The minimum absolute atomic E-state index is 0.191. The van der Waals surface area contributed by atoms with Gasteiger partial charge in [-0.05, 0) is 59.2 Å². The average molecular weight is 326 g/mol. The summed E-state index contributed by atoms with van der Waals surface area (Å²) in [5.74, 6) is 0. The predicted molar refractivity (Wildman–Crippen MR) is 78.9 cm³/mol. The van der Waals surface area contributed by atoms with Crippen LogP contribution in [0.25, 0.3) is 0 Å². The van der Waals surface area contributed by atoms with Crippen LogP contribution < -0.4 is 5.32 Å². The summed E-state index contributed by atoms with van der Waals surface area (Å²) in [6.45, 7) is 0. The van der Waals surface area contributed by atoms with Crippen molar-refractivity contribution in [3.05, 3.63) is 63.3 Å². The van der Waals surface area contributed by atoms with E-state index < -0.39 is 0 Å². The molecule has 2 nitrogen and oxygen atoms in total. The van der Waals surface area contributed by atoms with Gasteiger partial charge in [-0.2, -0.15) is 0 Å². The molecule has 0 radical (unpaired) electrons. The van der Waals surface area contributed by atoms with Gasteiger partial charge in [-0.25, -0.2) is 0 Å². The molecule has 0 aliphatic carbocycles. The van der Waals surface area contributed by atoms with Crippen molar-refractivity contribution >= 4 is 27.5 Å². The summed E-state index contributed by atoms with van der Waals surface area (Å²) < 4.78 is 0.990. The summed E-state index contributed by atoms with van der Waals surface area (Å²) in [6, 6.07) is 12.1. The van der Waals surface area contributed by atoms with Gasteiger partial charge in [0, 0.05) is 15.7 Å². The Morgan fingerprint density at radius 3 is 2.78 bits per heavy atom. The minimum atomic E-state index is 0.191. The van der Waals surface area contributed by atoms with E-state index in [1.165, 1.54) is 5.56 Å². The molecule has 0 saturated heterocycles. The number of rotatable bonds is 4. The van der Waals surface area contributed by atoms with E-state index in [1.807, 2.05) is 43.6 Å². The zero-order valence-corrected chi connectivity index (χ0v) is 12.4. The minimum Gasteiger partial charge on any atom is -0.311 e. The summed E-state index contributed by atoms with van der Waals surface area (Å²) in [4.78, 5) is 4.43. The first-order chi connectivity index (χ1) is 8.69. The van der Waals surface area contributed by atoms with Crippen molar-refractivity contribution in [1.82, 2.24) is 10.3 Å². The summed E-state index contributed by atoms with van der Waals surface area (Å²) in [7, 11) is 1.94. The van der Waals surface area contributed by atoms with Crippen LogP contribution in [0.4, 0.5) is 0 Å². The van der Waals surface area contributed by atoms with E-state index in [0.29, 0.717) is 0 Å². The van der Waals surface area contributed by atoms with E-state index in [-0.39, 0.29) is 6.04 Å². The van der Waals surface area contributed by atoms with Gasteiger partial charge in [-0.15, -0.1) is 0 Å². The van der Waals surface area contributed by atoms with Crippen LogP contribution >= 0.6 is 27.5 Å². The second-order valence-electron chi connectivity index (χ2n) is 4.08. The lowest BCUT2D eigenvalue weighted by Crippen LogP contribution is -2.19. The third-order valence-electron chi connectivity index (χ3n) is 2.78. The maximum Gasteiger partial charge on any atom is 0.0577 e. The maximum absolute atomic E-state index is 6.00. The Labute approximate surface area is 121 Å². The highest BCUT2D eigenvalue weighted by atomic mass is 79.9. The molecule has 0 aliphatic heterocycles. The summed E-state index contributed by atoms with van der Waals surface area (Å²) in [6.07, 6.45) is 2.68. The van der Waals surface area contributed by atoms with Gasteiger partial charge in [-0.1, -0.05) is 23.7 Å². The summed E-state index contributed by atoms with van der Waals surface area (Å²) >= 11 is 9.39. The highest BCUT2D eigenvalue weighted by molar-refractivity contribution is 9.10.